The molecule has 0 saturated heterocycles. The van der Waals surface area contributed by atoms with Gasteiger partial charge in [-0.3, -0.25) is 11.3 Å². The summed E-state index contributed by atoms with van der Waals surface area (Å²) in [4.78, 5) is 4.38. The molecule has 0 fully saturated rings. The Bertz CT molecular complexity index is 539. The first kappa shape index (κ1) is 13.1. The molecule has 0 aliphatic rings. The Morgan fingerprint density at radius 1 is 1.44 bits per heavy atom. The topological polar surface area (TPSA) is 50.9 Å². The minimum atomic E-state index is -0.254. The predicted molar refractivity (Wildman–Crippen MR) is 71.8 cm³/mol. The summed E-state index contributed by atoms with van der Waals surface area (Å²) in [6.45, 7) is 3.69. The molecule has 1 aromatic heterocycles. The summed E-state index contributed by atoms with van der Waals surface area (Å²) in [5.41, 5.74) is 4.87. The Morgan fingerprint density at radius 3 is 2.83 bits per heavy atom. The second-order valence-corrected chi connectivity index (χ2v) is 5.23. The molecule has 3 N–H and O–H groups in total. The van der Waals surface area contributed by atoms with Gasteiger partial charge in [-0.15, -0.1) is 11.3 Å². The van der Waals surface area contributed by atoms with Gasteiger partial charge in [0.25, 0.3) is 0 Å². The second kappa shape index (κ2) is 5.56. The Labute approximate surface area is 110 Å². The van der Waals surface area contributed by atoms with Gasteiger partial charge in [0.2, 0.25) is 0 Å². The van der Waals surface area contributed by atoms with Gasteiger partial charge in [-0.05, 0) is 19.4 Å². The molecule has 0 radical (unpaired) electrons. The molecule has 96 valence electrons. The van der Waals surface area contributed by atoms with Crippen molar-refractivity contribution in [3.05, 3.63) is 51.2 Å². The van der Waals surface area contributed by atoms with Crippen molar-refractivity contribution in [2.24, 2.45) is 5.84 Å². The summed E-state index contributed by atoms with van der Waals surface area (Å²) in [7, 11) is 0. The van der Waals surface area contributed by atoms with E-state index in [0.717, 1.165) is 10.7 Å². The number of hydrogen-bond acceptors (Lipinski definition) is 4. The third-order valence-corrected chi connectivity index (χ3v) is 3.83. The number of nitrogens with zero attached hydrogens (tertiary/aromatic N) is 1. The zero-order valence-electron chi connectivity index (χ0n) is 10.4. The number of aryl methyl sites for hydroxylation is 2. The van der Waals surface area contributed by atoms with Crippen molar-refractivity contribution < 1.29 is 4.39 Å². The largest absolute Gasteiger partial charge is 0.271 e. The van der Waals surface area contributed by atoms with Crippen LogP contribution in [-0.2, 0) is 6.42 Å². The van der Waals surface area contributed by atoms with Crippen LogP contribution in [0.15, 0.2) is 23.6 Å². The average Bonchev–Trinajstić information content (AvgIpc) is 2.76. The van der Waals surface area contributed by atoms with Gasteiger partial charge in [-0.2, -0.15) is 0 Å². The first-order valence-electron chi connectivity index (χ1n) is 5.74. The Balaban J connectivity index is 2.25. The van der Waals surface area contributed by atoms with E-state index >= 15 is 0 Å². The fourth-order valence-corrected chi connectivity index (χ4v) is 2.69. The van der Waals surface area contributed by atoms with Crippen molar-refractivity contribution in [1.29, 1.82) is 0 Å². The molecular formula is C13H16FN3S. The quantitative estimate of drug-likeness (QED) is 0.660. The second-order valence-electron chi connectivity index (χ2n) is 4.28. The molecule has 0 bridgehead atoms. The van der Waals surface area contributed by atoms with E-state index in [0.29, 0.717) is 17.5 Å². The third kappa shape index (κ3) is 2.75. The highest BCUT2D eigenvalue weighted by Gasteiger charge is 2.17. The summed E-state index contributed by atoms with van der Waals surface area (Å²) in [5, 5.41) is 2.94. The van der Waals surface area contributed by atoms with Crippen molar-refractivity contribution in [3.63, 3.8) is 0 Å². The molecule has 0 aliphatic heterocycles. The molecule has 1 heterocycles. The standard InChI is InChI=1S/C13H16FN3S/c1-8-4-3-5-10(13(8)14)11(17-15)6-12-16-9(2)7-18-12/h3-5,7,11,17H,6,15H2,1-2H3. The molecular weight excluding hydrogens is 249 g/mol. The van der Waals surface area contributed by atoms with E-state index in [4.69, 9.17) is 5.84 Å². The normalized spacial score (nSPS) is 12.7. The number of thiazole rings is 1. The van der Waals surface area contributed by atoms with Gasteiger partial charge in [-0.1, -0.05) is 18.2 Å². The SMILES string of the molecule is Cc1csc(CC(NN)c2cccc(C)c2F)n1. The molecule has 0 aliphatic carbocycles. The highest BCUT2D eigenvalue weighted by Crippen LogP contribution is 2.23. The van der Waals surface area contributed by atoms with E-state index in [1.54, 1.807) is 30.4 Å². The molecule has 0 amide bonds. The van der Waals surface area contributed by atoms with Gasteiger partial charge in [0.15, 0.2) is 0 Å². The van der Waals surface area contributed by atoms with Crippen molar-refractivity contribution in [2.75, 3.05) is 0 Å². The van der Waals surface area contributed by atoms with E-state index in [-0.39, 0.29) is 11.9 Å². The number of hydrazine groups is 1. The summed E-state index contributed by atoms with van der Waals surface area (Å²) in [6.07, 6.45) is 0.593. The van der Waals surface area contributed by atoms with Crippen LogP contribution >= 0.6 is 11.3 Å². The molecule has 3 nitrogen and oxygen atoms in total. The molecule has 18 heavy (non-hydrogen) atoms. The highest BCUT2D eigenvalue weighted by molar-refractivity contribution is 7.09. The van der Waals surface area contributed by atoms with Crippen LogP contribution in [0.25, 0.3) is 0 Å². The Hall–Kier alpha value is -1.30. The molecule has 0 spiro atoms. The van der Waals surface area contributed by atoms with Crippen molar-refractivity contribution in [3.8, 4) is 0 Å². The van der Waals surface area contributed by atoms with Crippen LogP contribution in [-0.4, -0.2) is 4.98 Å². The maximum Gasteiger partial charge on any atom is 0.130 e. The molecule has 1 unspecified atom stereocenters. The number of hydrogen-bond donors (Lipinski definition) is 2. The van der Waals surface area contributed by atoms with E-state index in [1.807, 2.05) is 18.4 Å². The van der Waals surface area contributed by atoms with Crippen molar-refractivity contribution in [1.82, 2.24) is 10.4 Å². The van der Waals surface area contributed by atoms with Gasteiger partial charge in [0, 0.05) is 23.1 Å². The van der Waals surface area contributed by atoms with Gasteiger partial charge in [-0.25, -0.2) is 9.37 Å². The average molecular weight is 265 g/mol. The lowest BCUT2D eigenvalue weighted by Gasteiger charge is -2.16. The number of rotatable bonds is 4. The number of nitrogens with one attached hydrogen (secondary N) is 1. The van der Waals surface area contributed by atoms with Crippen LogP contribution in [0, 0.1) is 19.7 Å². The van der Waals surface area contributed by atoms with E-state index < -0.39 is 0 Å². The molecule has 2 rings (SSSR count). The molecule has 1 aromatic carbocycles. The minimum Gasteiger partial charge on any atom is -0.271 e. The first-order chi connectivity index (χ1) is 8.61. The third-order valence-electron chi connectivity index (χ3n) is 2.84. The maximum atomic E-state index is 14.0. The Kier molecular flexibility index (Phi) is 4.06. The van der Waals surface area contributed by atoms with E-state index in [2.05, 4.69) is 10.4 Å². The lowest BCUT2D eigenvalue weighted by molar-refractivity contribution is 0.506. The number of halogens is 1. The summed E-state index contributed by atoms with van der Waals surface area (Å²) < 4.78 is 14.0. The fourth-order valence-electron chi connectivity index (χ4n) is 1.87. The lowest BCUT2D eigenvalue weighted by atomic mass is 10.0. The summed E-state index contributed by atoms with van der Waals surface area (Å²) in [6, 6.07) is 5.09. The van der Waals surface area contributed by atoms with Crippen molar-refractivity contribution in [2.45, 2.75) is 26.3 Å². The van der Waals surface area contributed by atoms with Crippen LogP contribution in [0.1, 0.15) is 27.9 Å². The van der Waals surface area contributed by atoms with Crippen LogP contribution in [0.3, 0.4) is 0 Å². The lowest BCUT2D eigenvalue weighted by Crippen LogP contribution is -2.30. The van der Waals surface area contributed by atoms with Crippen LogP contribution in [0.4, 0.5) is 4.39 Å². The van der Waals surface area contributed by atoms with Gasteiger partial charge in [0.1, 0.15) is 5.82 Å². The molecule has 1 atom stereocenters. The number of aromatic nitrogens is 1. The van der Waals surface area contributed by atoms with Gasteiger partial charge < -0.3 is 0 Å². The van der Waals surface area contributed by atoms with Crippen LogP contribution in [0.5, 0.6) is 0 Å². The van der Waals surface area contributed by atoms with Gasteiger partial charge in [0.05, 0.1) is 11.0 Å². The first-order valence-corrected chi connectivity index (χ1v) is 6.62. The van der Waals surface area contributed by atoms with Crippen LogP contribution < -0.4 is 11.3 Å². The zero-order valence-corrected chi connectivity index (χ0v) is 11.2. The van der Waals surface area contributed by atoms with Crippen molar-refractivity contribution >= 4 is 11.3 Å². The smallest absolute Gasteiger partial charge is 0.130 e. The predicted octanol–water partition coefficient (Wildman–Crippen LogP) is 2.65. The van der Waals surface area contributed by atoms with E-state index in [9.17, 15) is 4.39 Å². The summed E-state index contributed by atoms with van der Waals surface area (Å²) in [5.74, 6) is 5.34. The van der Waals surface area contributed by atoms with E-state index in [1.165, 1.54) is 0 Å². The fraction of sp³-hybridized carbons (Fsp3) is 0.308. The molecule has 2 aromatic rings. The number of nitrogens with two attached hydrogens (primary N) is 1. The molecule has 0 saturated carbocycles. The summed E-state index contributed by atoms with van der Waals surface area (Å²) >= 11 is 1.57. The van der Waals surface area contributed by atoms with Crippen LogP contribution in [0.2, 0.25) is 0 Å². The molecule has 5 heteroatoms. The zero-order chi connectivity index (χ0) is 13.1. The Morgan fingerprint density at radius 2 is 2.22 bits per heavy atom. The number of benzene rings is 1. The maximum absolute atomic E-state index is 14.0. The van der Waals surface area contributed by atoms with Gasteiger partial charge >= 0.3 is 0 Å². The highest BCUT2D eigenvalue weighted by atomic mass is 32.1. The minimum absolute atomic E-state index is 0.200. The monoisotopic (exact) mass is 265 g/mol.